The molecule has 2 atom stereocenters. The van der Waals surface area contributed by atoms with Gasteiger partial charge < -0.3 is 29.2 Å². The van der Waals surface area contributed by atoms with Gasteiger partial charge in [-0.1, -0.05) is 0 Å². The van der Waals surface area contributed by atoms with Gasteiger partial charge in [0.05, 0.1) is 12.5 Å². The van der Waals surface area contributed by atoms with Crippen LogP contribution in [0.1, 0.15) is 31.4 Å². The molecule has 0 saturated carbocycles. The van der Waals surface area contributed by atoms with Gasteiger partial charge in [0.25, 0.3) is 0 Å². The topological polar surface area (TPSA) is 86.3 Å². The maximum Gasteiger partial charge on any atom is 0.227 e. The van der Waals surface area contributed by atoms with Crippen LogP contribution in [0.3, 0.4) is 0 Å². The van der Waals surface area contributed by atoms with E-state index in [9.17, 15) is 9.59 Å². The first-order valence-electron chi connectivity index (χ1n) is 11.4. The van der Waals surface area contributed by atoms with Gasteiger partial charge >= 0.3 is 0 Å². The lowest BCUT2D eigenvalue weighted by Crippen LogP contribution is -2.32. The van der Waals surface area contributed by atoms with Gasteiger partial charge in [-0.2, -0.15) is 0 Å². The van der Waals surface area contributed by atoms with Crippen molar-refractivity contribution in [3.05, 3.63) is 41.5 Å². The predicted molar refractivity (Wildman–Crippen MR) is 121 cm³/mol. The van der Waals surface area contributed by atoms with Gasteiger partial charge in [0.1, 0.15) is 30.8 Å². The highest BCUT2D eigenvalue weighted by atomic mass is 16.6. The van der Waals surface area contributed by atoms with Crippen molar-refractivity contribution in [1.82, 2.24) is 5.32 Å². The number of hydrogen-bond acceptors (Lipinski definition) is 6. The Bertz CT molecular complexity index is 1080. The molecule has 2 aromatic carbocycles. The van der Waals surface area contributed by atoms with Gasteiger partial charge in [0.2, 0.25) is 11.8 Å². The molecule has 3 aliphatic heterocycles. The van der Waals surface area contributed by atoms with Gasteiger partial charge in [-0.05, 0) is 38.1 Å². The summed E-state index contributed by atoms with van der Waals surface area (Å²) in [6, 6.07) is 9.38. The van der Waals surface area contributed by atoms with E-state index >= 15 is 0 Å². The number of nitrogens with zero attached hydrogens (tertiary/aromatic N) is 1. The highest BCUT2D eigenvalue weighted by Crippen LogP contribution is 2.37. The van der Waals surface area contributed by atoms with Crippen LogP contribution in [-0.4, -0.2) is 44.3 Å². The quantitative estimate of drug-likeness (QED) is 0.726. The van der Waals surface area contributed by atoms with E-state index in [-0.39, 0.29) is 24.3 Å². The minimum absolute atomic E-state index is 0.0817. The van der Waals surface area contributed by atoms with Crippen LogP contribution in [0, 0.1) is 5.92 Å². The third kappa shape index (κ3) is 4.29. The number of ether oxygens (including phenoxy) is 4. The predicted octanol–water partition coefficient (Wildman–Crippen LogP) is 2.85. The molecule has 0 aromatic heterocycles. The number of rotatable bonds is 6. The van der Waals surface area contributed by atoms with Crippen LogP contribution in [-0.2, 0) is 22.6 Å². The molecule has 0 aliphatic carbocycles. The van der Waals surface area contributed by atoms with Crippen LogP contribution in [0.15, 0.2) is 30.3 Å². The Balaban J connectivity index is 1.25. The first kappa shape index (κ1) is 21.4. The van der Waals surface area contributed by atoms with Gasteiger partial charge in [-0.25, -0.2) is 0 Å². The zero-order chi connectivity index (χ0) is 22.9. The molecule has 0 bridgehead atoms. The second-order valence-corrected chi connectivity index (χ2v) is 8.58. The van der Waals surface area contributed by atoms with E-state index in [1.165, 1.54) is 0 Å². The molecule has 0 unspecified atom stereocenters. The van der Waals surface area contributed by atoms with Gasteiger partial charge in [0.15, 0.2) is 11.5 Å². The number of amides is 2. The van der Waals surface area contributed by atoms with E-state index in [0.29, 0.717) is 50.1 Å². The number of carbonyl (C=O) groups is 2. The molecule has 1 fully saturated rings. The molecule has 5 rings (SSSR count). The maximum atomic E-state index is 12.9. The molecule has 3 aliphatic rings. The normalized spacial score (nSPS) is 20.9. The molecule has 33 heavy (non-hydrogen) atoms. The van der Waals surface area contributed by atoms with Gasteiger partial charge in [0, 0.05) is 48.8 Å². The average molecular weight is 453 g/mol. The third-order valence-corrected chi connectivity index (χ3v) is 6.17. The fraction of sp³-hybridized carbons (Fsp3) is 0.440. The third-order valence-electron chi connectivity index (χ3n) is 6.17. The minimum Gasteiger partial charge on any atom is -0.494 e. The zero-order valence-corrected chi connectivity index (χ0v) is 18.9. The minimum atomic E-state index is -0.424. The van der Waals surface area contributed by atoms with Crippen LogP contribution in [0.2, 0.25) is 0 Å². The molecular weight excluding hydrogens is 424 g/mol. The largest absolute Gasteiger partial charge is 0.494 e. The van der Waals surface area contributed by atoms with Crippen LogP contribution in [0.25, 0.3) is 0 Å². The smallest absolute Gasteiger partial charge is 0.227 e. The second kappa shape index (κ2) is 8.84. The summed E-state index contributed by atoms with van der Waals surface area (Å²) in [5, 5.41) is 2.99. The number of hydrogen-bond donors (Lipinski definition) is 1. The first-order chi connectivity index (χ1) is 16.0. The average Bonchev–Trinajstić information content (AvgIpc) is 3.38. The van der Waals surface area contributed by atoms with Crippen molar-refractivity contribution in [2.24, 2.45) is 5.92 Å². The Hall–Kier alpha value is -3.42. The molecule has 3 heterocycles. The van der Waals surface area contributed by atoms with E-state index < -0.39 is 5.92 Å². The van der Waals surface area contributed by atoms with E-state index in [4.69, 9.17) is 18.9 Å². The van der Waals surface area contributed by atoms with Crippen LogP contribution in [0.5, 0.6) is 23.0 Å². The highest BCUT2D eigenvalue weighted by Gasteiger charge is 2.35. The Morgan fingerprint density at radius 1 is 1.12 bits per heavy atom. The molecule has 174 valence electrons. The van der Waals surface area contributed by atoms with Crippen LogP contribution in [0.4, 0.5) is 5.69 Å². The van der Waals surface area contributed by atoms with Crippen molar-refractivity contribution in [3.8, 4) is 23.0 Å². The molecule has 8 nitrogen and oxygen atoms in total. The molecule has 1 N–H and O–H groups in total. The summed E-state index contributed by atoms with van der Waals surface area (Å²) in [6.07, 6.45) is 1.15. The first-order valence-corrected chi connectivity index (χ1v) is 11.4. The highest BCUT2D eigenvalue weighted by molar-refractivity contribution is 6.00. The summed E-state index contributed by atoms with van der Waals surface area (Å²) in [7, 11) is 0. The fourth-order valence-corrected chi connectivity index (χ4v) is 4.57. The maximum absolute atomic E-state index is 12.9. The number of fused-ring (bicyclic) bond motifs is 2. The summed E-state index contributed by atoms with van der Waals surface area (Å²) in [5.74, 6) is 2.24. The standard InChI is InChI=1S/C25H28N2O6/c1-3-30-21-9-16-8-15(2)33-22(16)10-17(21)13-26-25(29)18-11-24(28)27(14-18)19-4-5-20-23(12-19)32-7-6-31-20/h4-5,9-10,12,15,18H,3,6-8,11,13-14H2,1-2H3,(H,26,29)/t15-,18-/m0/s1. The summed E-state index contributed by atoms with van der Waals surface area (Å²) >= 11 is 0. The van der Waals surface area contributed by atoms with E-state index in [1.54, 1.807) is 17.0 Å². The summed E-state index contributed by atoms with van der Waals surface area (Å²) in [5.41, 5.74) is 2.70. The van der Waals surface area contributed by atoms with E-state index in [2.05, 4.69) is 5.32 Å². The number of benzene rings is 2. The van der Waals surface area contributed by atoms with Gasteiger partial charge in [-0.3, -0.25) is 9.59 Å². The molecule has 0 spiro atoms. The lowest BCUT2D eigenvalue weighted by Gasteiger charge is -2.22. The Kier molecular flexibility index (Phi) is 5.74. The van der Waals surface area contributed by atoms with Crippen molar-refractivity contribution in [3.63, 3.8) is 0 Å². The molecule has 2 amide bonds. The molecule has 8 heteroatoms. The SMILES string of the molecule is CCOc1cc2c(cc1CNC(=O)[C@H]1CC(=O)N(c3ccc4c(c3)OCCO4)C1)O[C@@H](C)C2. The van der Waals surface area contributed by atoms with Crippen LogP contribution >= 0.6 is 0 Å². The Morgan fingerprint density at radius 3 is 2.76 bits per heavy atom. The van der Waals surface area contributed by atoms with Crippen molar-refractivity contribution in [1.29, 1.82) is 0 Å². The fourth-order valence-electron chi connectivity index (χ4n) is 4.57. The monoisotopic (exact) mass is 452 g/mol. The molecular formula is C25H28N2O6. The van der Waals surface area contributed by atoms with E-state index in [1.807, 2.05) is 32.0 Å². The zero-order valence-electron chi connectivity index (χ0n) is 18.9. The summed E-state index contributed by atoms with van der Waals surface area (Å²) in [6.45, 7) is 6.14. The Morgan fingerprint density at radius 2 is 1.94 bits per heavy atom. The summed E-state index contributed by atoms with van der Waals surface area (Å²) in [4.78, 5) is 27.2. The molecule has 2 aromatic rings. The van der Waals surface area contributed by atoms with Crippen molar-refractivity contribution in [2.45, 2.75) is 39.3 Å². The Labute approximate surface area is 192 Å². The van der Waals surface area contributed by atoms with Crippen molar-refractivity contribution < 1.29 is 28.5 Å². The van der Waals surface area contributed by atoms with Crippen LogP contribution < -0.4 is 29.2 Å². The number of nitrogens with one attached hydrogen (secondary N) is 1. The lowest BCUT2D eigenvalue weighted by atomic mass is 10.1. The molecule has 0 radical (unpaired) electrons. The van der Waals surface area contributed by atoms with Crippen molar-refractivity contribution in [2.75, 3.05) is 31.3 Å². The second-order valence-electron chi connectivity index (χ2n) is 8.58. The van der Waals surface area contributed by atoms with Gasteiger partial charge in [-0.15, -0.1) is 0 Å². The number of carbonyl (C=O) groups excluding carboxylic acids is 2. The van der Waals surface area contributed by atoms with E-state index in [0.717, 1.165) is 29.0 Å². The molecule has 1 saturated heterocycles. The lowest BCUT2D eigenvalue weighted by molar-refractivity contribution is -0.126. The summed E-state index contributed by atoms with van der Waals surface area (Å²) < 4.78 is 22.8. The van der Waals surface area contributed by atoms with Crippen molar-refractivity contribution >= 4 is 17.5 Å². The number of anilines is 1.